The molecule has 0 spiro atoms. The Morgan fingerprint density at radius 2 is 2.17 bits per heavy atom. The Morgan fingerprint density at radius 1 is 1.38 bits per heavy atom. The number of aromatic nitrogens is 1. The molecule has 29 heavy (non-hydrogen) atoms. The summed E-state index contributed by atoms with van der Waals surface area (Å²) < 4.78 is 19.3. The molecule has 1 amide bonds. The van der Waals surface area contributed by atoms with Crippen LogP contribution in [0.5, 0.6) is 5.75 Å². The van der Waals surface area contributed by atoms with Gasteiger partial charge in [-0.05, 0) is 37.7 Å². The number of aryl methyl sites for hydroxylation is 1. The summed E-state index contributed by atoms with van der Waals surface area (Å²) in [4.78, 5) is 18.5. The predicted octanol–water partition coefficient (Wildman–Crippen LogP) is 1.13. The topological polar surface area (TPSA) is 94.9 Å². The number of rotatable bonds is 7. The highest BCUT2D eigenvalue weighted by Crippen LogP contribution is 2.29. The Labute approximate surface area is 169 Å². The maximum Gasteiger partial charge on any atom is 0.253 e. The van der Waals surface area contributed by atoms with Crippen molar-refractivity contribution in [2.45, 2.75) is 37.6 Å². The van der Waals surface area contributed by atoms with Gasteiger partial charge in [0.15, 0.2) is 0 Å². The minimum absolute atomic E-state index is 0.0857. The Bertz CT molecular complexity index is 850. The second-order valence-electron chi connectivity index (χ2n) is 7.37. The number of aliphatic hydroxyl groups is 2. The number of likely N-dealkylation sites (N-methyl/N-ethyl adjacent to an activating group) is 1. The standard InChI is InChI=1S/C21H26FN3O4/c1-13-8-14(12-23-11-13)21(28)24-17-10-18(20(27)19(17)25(2)6-7-26)29-16-5-3-4-15(22)9-16/h3-5,8-9,11-12,17-20,26-27H,6-7,10H2,1-2H3,(H,24,28)/t17-,18-,19+,20+/m1/s1. The minimum atomic E-state index is -0.934. The summed E-state index contributed by atoms with van der Waals surface area (Å²) >= 11 is 0. The van der Waals surface area contributed by atoms with Gasteiger partial charge in [-0.15, -0.1) is 0 Å². The van der Waals surface area contributed by atoms with Gasteiger partial charge in [-0.2, -0.15) is 0 Å². The molecule has 156 valence electrons. The number of amides is 1. The van der Waals surface area contributed by atoms with E-state index in [1.807, 2.05) is 6.92 Å². The van der Waals surface area contributed by atoms with Gasteiger partial charge >= 0.3 is 0 Å². The fourth-order valence-corrected chi connectivity index (χ4v) is 3.77. The molecule has 1 aliphatic carbocycles. The summed E-state index contributed by atoms with van der Waals surface area (Å²) in [6, 6.07) is 6.56. The number of nitrogens with one attached hydrogen (secondary N) is 1. The lowest BCUT2D eigenvalue weighted by atomic mass is 10.1. The van der Waals surface area contributed by atoms with Crippen molar-refractivity contribution in [3.8, 4) is 5.75 Å². The third-order valence-corrected chi connectivity index (χ3v) is 5.13. The fourth-order valence-electron chi connectivity index (χ4n) is 3.77. The van der Waals surface area contributed by atoms with E-state index in [0.29, 0.717) is 24.3 Å². The van der Waals surface area contributed by atoms with Crippen LogP contribution in [0.1, 0.15) is 22.3 Å². The van der Waals surface area contributed by atoms with Crippen LogP contribution >= 0.6 is 0 Å². The lowest BCUT2D eigenvalue weighted by molar-refractivity contribution is 0.0109. The normalized spacial score (nSPS) is 23.9. The lowest BCUT2D eigenvalue weighted by Crippen LogP contribution is -2.52. The van der Waals surface area contributed by atoms with Gasteiger partial charge in [0.2, 0.25) is 0 Å². The zero-order chi connectivity index (χ0) is 21.0. The minimum Gasteiger partial charge on any atom is -0.487 e. The highest BCUT2D eigenvalue weighted by molar-refractivity contribution is 5.94. The number of halogens is 1. The summed E-state index contributed by atoms with van der Waals surface area (Å²) in [6.07, 6.45) is 1.92. The number of ether oxygens (including phenoxy) is 1. The third-order valence-electron chi connectivity index (χ3n) is 5.13. The molecule has 1 aromatic carbocycles. The summed E-state index contributed by atoms with van der Waals surface area (Å²) in [6.45, 7) is 2.09. The number of pyridine rings is 1. The van der Waals surface area contributed by atoms with Gasteiger partial charge in [-0.25, -0.2) is 4.39 Å². The molecule has 0 aliphatic heterocycles. The highest BCUT2D eigenvalue weighted by atomic mass is 19.1. The van der Waals surface area contributed by atoms with Crippen LogP contribution in [0.2, 0.25) is 0 Å². The summed E-state index contributed by atoms with van der Waals surface area (Å²) in [5.41, 5.74) is 1.29. The first-order valence-corrected chi connectivity index (χ1v) is 9.53. The molecule has 0 saturated heterocycles. The average Bonchev–Trinajstić information content (AvgIpc) is 2.97. The second kappa shape index (κ2) is 9.30. The van der Waals surface area contributed by atoms with Crippen LogP contribution in [0.3, 0.4) is 0 Å². The smallest absolute Gasteiger partial charge is 0.253 e. The first-order valence-electron chi connectivity index (χ1n) is 9.53. The zero-order valence-electron chi connectivity index (χ0n) is 16.5. The van der Waals surface area contributed by atoms with Crippen molar-refractivity contribution < 1.29 is 24.1 Å². The van der Waals surface area contributed by atoms with Gasteiger partial charge in [0.1, 0.15) is 23.8 Å². The largest absolute Gasteiger partial charge is 0.487 e. The van der Waals surface area contributed by atoms with Crippen molar-refractivity contribution in [3.63, 3.8) is 0 Å². The molecule has 7 nitrogen and oxygen atoms in total. The van der Waals surface area contributed by atoms with Crippen LogP contribution in [0.15, 0.2) is 42.7 Å². The van der Waals surface area contributed by atoms with Crippen molar-refractivity contribution in [3.05, 3.63) is 59.7 Å². The van der Waals surface area contributed by atoms with E-state index in [9.17, 15) is 19.4 Å². The number of benzene rings is 1. The predicted molar refractivity (Wildman–Crippen MR) is 105 cm³/mol. The third kappa shape index (κ3) is 5.09. The molecule has 1 saturated carbocycles. The molecule has 8 heteroatoms. The second-order valence-corrected chi connectivity index (χ2v) is 7.37. The monoisotopic (exact) mass is 403 g/mol. The lowest BCUT2D eigenvalue weighted by Gasteiger charge is -2.31. The highest BCUT2D eigenvalue weighted by Gasteiger charge is 2.46. The molecular weight excluding hydrogens is 377 g/mol. The van der Waals surface area contributed by atoms with E-state index in [-0.39, 0.29) is 12.5 Å². The average molecular weight is 403 g/mol. The van der Waals surface area contributed by atoms with Gasteiger partial charge in [0, 0.05) is 31.4 Å². The van der Waals surface area contributed by atoms with Gasteiger partial charge < -0.3 is 20.3 Å². The van der Waals surface area contributed by atoms with Crippen LogP contribution in [0.4, 0.5) is 4.39 Å². The van der Waals surface area contributed by atoms with Crippen LogP contribution in [0, 0.1) is 12.7 Å². The molecule has 1 heterocycles. The quantitative estimate of drug-likeness (QED) is 0.642. The molecule has 1 aromatic heterocycles. The molecule has 1 aliphatic rings. The summed E-state index contributed by atoms with van der Waals surface area (Å²) in [7, 11) is 1.77. The summed E-state index contributed by atoms with van der Waals surface area (Å²) in [5.74, 6) is -0.416. The molecule has 0 radical (unpaired) electrons. The zero-order valence-corrected chi connectivity index (χ0v) is 16.5. The molecule has 0 unspecified atom stereocenters. The van der Waals surface area contributed by atoms with E-state index in [1.54, 1.807) is 30.3 Å². The Hall–Kier alpha value is -2.55. The van der Waals surface area contributed by atoms with Gasteiger partial charge in [-0.3, -0.25) is 14.7 Å². The molecule has 1 fully saturated rings. The van der Waals surface area contributed by atoms with Gasteiger partial charge in [0.05, 0.1) is 24.3 Å². The van der Waals surface area contributed by atoms with E-state index in [0.717, 1.165) is 5.56 Å². The number of hydrogen-bond donors (Lipinski definition) is 3. The fraction of sp³-hybridized carbons (Fsp3) is 0.429. The van der Waals surface area contributed by atoms with E-state index in [2.05, 4.69) is 10.3 Å². The first kappa shape index (κ1) is 21.2. The number of hydrogen-bond acceptors (Lipinski definition) is 6. The number of carbonyl (C=O) groups is 1. The van der Waals surface area contributed by atoms with Crippen molar-refractivity contribution in [2.75, 3.05) is 20.2 Å². The van der Waals surface area contributed by atoms with E-state index in [4.69, 9.17) is 4.74 Å². The van der Waals surface area contributed by atoms with Crippen LogP contribution in [0.25, 0.3) is 0 Å². The van der Waals surface area contributed by atoms with E-state index < -0.39 is 30.1 Å². The van der Waals surface area contributed by atoms with Crippen LogP contribution in [-0.2, 0) is 0 Å². The van der Waals surface area contributed by atoms with Crippen molar-refractivity contribution in [1.82, 2.24) is 15.2 Å². The molecule has 3 rings (SSSR count). The van der Waals surface area contributed by atoms with Crippen molar-refractivity contribution in [2.24, 2.45) is 0 Å². The maximum absolute atomic E-state index is 13.5. The van der Waals surface area contributed by atoms with E-state index in [1.165, 1.54) is 24.4 Å². The van der Waals surface area contributed by atoms with E-state index >= 15 is 0 Å². The molecule has 2 aromatic rings. The van der Waals surface area contributed by atoms with Gasteiger partial charge in [0.25, 0.3) is 5.91 Å². The molecular formula is C21H26FN3O4. The number of nitrogens with zero attached hydrogens (tertiary/aromatic N) is 2. The first-order chi connectivity index (χ1) is 13.9. The summed E-state index contributed by atoms with van der Waals surface area (Å²) in [5, 5.41) is 23.1. The molecule has 4 atom stereocenters. The Balaban J connectivity index is 1.78. The van der Waals surface area contributed by atoms with Crippen molar-refractivity contribution >= 4 is 5.91 Å². The molecule has 0 bridgehead atoms. The Morgan fingerprint density at radius 3 is 2.86 bits per heavy atom. The molecule has 3 N–H and O–H groups in total. The number of aliphatic hydroxyl groups excluding tert-OH is 2. The number of carbonyl (C=O) groups excluding carboxylic acids is 1. The van der Waals surface area contributed by atoms with Crippen LogP contribution < -0.4 is 10.1 Å². The SMILES string of the molecule is Cc1cncc(C(=O)N[C@@H]2C[C@@H](Oc3cccc(F)c3)[C@H](O)[C@H]2N(C)CCO)c1. The maximum atomic E-state index is 13.5. The van der Waals surface area contributed by atoms with Crippen LogP contribution in [-0.4, -0.2) is 70.5 Å². The van der Waals surface area contributed by atoms with Crippen molar-refractivity contribution in [1.29, 1.82) is 0 Å². The Kier molecular flexibility index (Phi) is 6.79. The van der Waals surface area contributed by atoms with Gasteiger partial charge in [-0.1, -0.05) is 6.07 Å².